The molecule has 0 aromatic carbocycles. The summed E-state index contributed by atoms with van der Waals surface area (Å²) in [7, 11) is 0. The van der Waals surface area contributed by atoms with Crippen molar-refractivity contribution in [2.45, 2.75) is 18.6 Å². The number of carbonyl (C=O) groups excluding carboxylic acids is 2. The molecule has 0 spiro atoms. The standard InChI is InChI=1S/C11H11Cl2N3O3/c12-7-1-5(3-15-9(7)13)11(19)16-4-6(17)2-8(16)10(14)18/h1,3,6,8,17H,2,4H2,(H2,14,18). The fourth-order valence-electron chi connectivity index (χ4n) is 2.01. The van der Waals surface area contributed by atoms with Gasteiger partial charge in [0.05, 0.1) is 16.7 Å². The molecule has 1 fully saturated rings. The van der Waals surface area contributed by atoms with Gasteiger partial charge in [0.25, 0.3) is 5.91 Å². The van der Waals surface area contributed by atoms with Gasteiger partial charge in [-0.15, -0.1) is 0 Å². The summed E-state index contributed by atoms with van der Waals surface area (Å²) < 4.78 is 0. The van der Waals surface area contributed by atoms with Gasteiger partial charge < -0.3 is 15.7 Å². The Balaban J connectivity index is 2.27. The summed E-state index contributed by atoms with van der Waals surface area (Å²) in [5.74, 6) is -1.12. The number of pyridine rings is 1. The van der Waals surface area contributed by atoms with E-state index < -0.39 is 24.0 Å². The van der Waals surface area contributed by atoms with E-state index in [0.29, 0.717) is 0 Å². The van der Waals surface area contributed by atoms with E-state index in [4.69, 9.17) is 28.9 Å². The summed E-state index contributed by atoms with van der Waals surface area (Å²) in [6, 6.07) is 0.541. The van der Waals surface area contributed by atoms with Crippen LogP contribution in [0.3, 0.4) is 0 Å². The second-order valence-electron chi connectivity index (χ2n) is 4.26. The molecule has 1 saturated heterocycles. The van der Waals surface area contributed by atoms with E-state index in [1.165, 1.54) is 17.2 Å². The Morgan fingerprint density at radius 3 is 2.74 bits per heavy atom. The molecule has 3 N–H and O–H groups in total. The van der Waals surface area contributed by atoms with Crippen molar-refractivity contribution < 1.29 is 14.7 Å². The lowest BCUT2D eigenvalue weighted by atomic mass is 10.2. The zero-order valence-corrected chi connectivity index (χ0v) is 11.2. The van der Waals surface area contributed by atoms with Crippen LogP contribution in [0.4, 0.5) is 0 Å². The molecule has 2 amide bonds. The highest BCUT2D eigenvalue weighted by atomic mass is 35.5. The van der Waals surface area contributed by atoms with Crippen LogP contribution in [0.15, 0.2) is 12.3 Å². The molecular formula is C11H11Cl2N3O3. The molecule has 0 radical (unpaired) electrons. The van der Waals surface area contributed by atoms with E-state index in [-0.39, 0.29) is 28.7 Å². The lowest BCUT2D eigenvalue weighted by Crippen LogP contribution is -2.43. The molecule has 102 valence electrons. The minimum Gasteiger partial charge on any atom is -0.391 e. The van der Waals surface area contributed by atoms with E-state index in [9.17, 15) is 14.7 Å². The molecule has 1 aliphatic rings. The first-order valence-electron chi connectivity index (χ1n) is 5.49. The fraction of sp³-hybridized carbons (Fsp3) is 0.364. The predicted molar refractivity (Wildman–Crippen MR) is 68.9 cm³/mol. The van der Waals surface area contributed by atoms with Gasteiger partial charge in [-0.1, -0.05) is 23.2 Å². The highest BCUT2D eigenvalue weighted by Crippen LogP contribution is 2.24. The van der Waals surface area contributed by atoms with Crippen molar-refractivity contribution >= 4 is 35.0 Å². The topological polar surface area (TPSA) is 96.5 Å². The molecule has 8 heteroatoms. The van der Waals surface area contributed by atoms with Crippen LogP contribution in [0.5, 0.6) is 0 Å². The molecule has 1 aromatic heterocycles. The number of nitrogens with two attached hydrogens (primary N) is 1. The van der Waals surface area contributed by atoms with E-state index in [0.717, 1.165) is 0 Å². The lowest BCUT2D eigenvalue weighted by molar-refractivity contribution is -0.121. The zero-order chi connectivity index (χ0) is 14.2. The van der Waals surface area contributed by atoms with E-state index >= 15 is 0 Å². The van der Waals surface area contributed by atoms with Crippen LogP contribution in [0.2, 0.25) is 10.2 Å². The van der Waals surface area contributed by atoms with Crippen LogP contribution < -0.4 is 5.73 Å². The van der Waals surface area contributed by atoms with Gasteiger partial charge in [0.1, 0.15) is 11.2 Å². The second-order valence-corrected chi connectivity index (χ2v) is 5.03. The van der Waals surface area contributed by atoms with Gasteiger partial charge in [0.15, 0.2) is 0 Å². The molecule has 2 heterocycles. The van der Waals surface area contributed by atoms with E-state index in [2.05, 4.69) is 4.98 Å². The van der Waals surface area contributed by atoms with Crippen LogP contribution >= 0.6 is 23.2 Å². The maximum atomic E-state index is 12.2. The number of halogens is 2. The van der Waals surface area contributed by atoms with Crippen molar-refractivity contribution in [3.63, 3.8) is 0 Å². The molecule has 6 nitrogen and oxygen atoms in total. The Hall–Kier alpha value is -1.37. The quantitative estimate of drug-likeness (QED) is 0.775. The number of rotatable bonds is 2. The van der Waals surface area contributed by atoms with Crippen molar-refractivity contribution in [1.82, 2.24) is 9.88 Å². The van der Waals surface area contributed by atoms with Gasteiger partial charge in [0.2, 0.25) is 5.91 Å². The number of hydrogen-bond acceptors (Lipinski definition) is 4. The SMILES string of the molecule is NC(=O)C1CC(O)CN1C(=O)c1cnc(Cl)c(Cl)c1. The number of β-amino-alcohol motifs (C(OH)–C–C–N with tert-alkyl or cyclic N) is 1. The lowest BCUT2D eigenvalue weighted by Gasteiger charge is -2.21. The van der Waals surface area contributed by atoms with Gasteiger partial charge in [0, 0.05) is 19.2 Å². The number of aliphatic hydroxyl groups excluding tert-OH is 1. The fourth-order valence-corrected chi connectivity index (χ4v) is 2.28. The Bertz CT molecular complexity index is 538. The van der Waals surface area contributed by atoms with Crippen molar-refractivity contribution in [1.29, 1.82) is 0 Å². The van der Waals surface area contributed by atoms with Crippen LogP contribution in [0.1, 0.15) is 16.8 Å². The molecule has 0 bridgehead atoms. The van der Waals surface area contributed by atoms with Gasteiger partial charge in [-0.3, -0.25) is 9.59 Å². The van der Waals surface area contributed by atoms with Gasteiger partial charge in [-0.2, -0.15) is 0 Å². The minimum atomic E-state index is -0.822. The maximum absolute atomic E-state index is 12.2. The predicted octanol–water partition coefficient (Wildman–Crippen LogP) is 0.449. The molecule has 19 heavy (non-hydrogen) atoms. The number of aliphatic hydroxyl groups is 1. The summed E-state index contributed by atoms with van der Waals surface area (Å²) in [6.07, 6.45) is 0.631. The number of hydrogen-bond donors (Lipinski definition) is 2. The number of primary amides is 1. The zero-order valence-electron chi connectivity index (χ0n) is 9.72. The smallest absolute Gasteiger partial charge is 0.256 e. The van der Waals surface area contributed by atoms with E-state index in [1.54, 1.807) is 0 Å². The number of nitrogens with zero attached hydrogens (tertiary/aromatic N) is 2. The molecule has 0 saturated carbocycles. The summed E-state index contributed by atoms with van der Waals surface area (Å²) in [5.41, 5.74) is 5.40. The highest BCUT2D eigenvalue weighted by Gasteiger charge is 2.38. The largest absolute Gasteiger partial charge is 0.391 e. The van der Waals surface area contributed by atoms with Gasteiger partial charge in [-0.25, -0.2) is 4.98 Å². The number of carbonyl (C=O) groups is 2. The molecule has 2 rings (SSSR count). The average molecular weight is 304 g/mol. The van der Waals surface area contributed by atoms with Crippen molar-refractivity contribution in [3.05, 3.63) is 28.0 Å². The van der Waals surface area contributed by atoms with Crippen LogP contribution in [0.25, 0.3) is 0 Å². The number of likely N-dealkylation sites (tertiary alicyclic amines) is 1. The third-order valence-corrected chi connectivity index (χ3v) is 3.60. The highest BCUT2D eigenvalue weighted by molar-refractivity contribution is 6.41. The molecule has 2 atom stereocenters. The maximum Gasteiger partial charge on any atom is 0.256 e. The van der Waals surface area contributed by atoms with Crippen molar-refractivity contribution in [2.24, 2.45) is 5.73 Å². The summed E-state index contributed by atoms with van der Waals surface area (Å²) in [5, 5.41) is 9.78. The molecule has 1 aliphatic heterocycles. The van der Waals surface area contributed by atoms with Crippen molar-refractivity contribution in [2.75, 3.05) is 6.54 Å². The van der Waals surface area contributed by atoms with Crippen LogP contribution in [-0.2, 0) is 4.79 Å². The monoisotopic (exact) mass is 303 g/mol. The summed E-state index contributed by atoms with van der Waals surface area (Å²) >= 11 is 11.5. The van der Waals surface area contributed by atoms with E-state index in [1.807, 2.05) is 0 Å². The molecule has 0 aliphatic carbocycles. The van der Waals surface area contributed by atoms with Gasteiger partial charge >= 0.3 is 0 Å². The van der Waals surface area contributed by atoms with Crippen molar-refractivity contribution in [3.8, 4) is 0 Å². The average Bonchev–Trinajstić information content (AvgIpc) is 2.74. The Labute approximate surface area is 119 Å². The third kappa shape index (κ3) is 2.80. The van der Waals surface area contributed by atoms with Crippen LogP contribution in [-0.4, -0.2) is 45.5 Å². The Kier molecular flexibility index (Phi) is 3.93. The van der Waals surface area contributed by atoms with Gasteiger partial charge in [-0.05, 0) is 6.07 Å². The molecular weight excluding hydrogens is 293 g/mol. The van der Waals surface area contributed by atoms with Crippen LogP contribution in [0, 0.1) is 0 Å². The molecule has 1 aromatic rings. The Morgan fingerprint density at radius 2 is 2.16 bits per heavy atom. The normalized spacial score (nSPS) is 22.6. The first-order valence-corrected chi connectivity index (χ1v) is 6.25. The Morgan fingerprint density at radius 1 is 1.47 bits per heavy atom. The third-order valence-electron chi connectivity index (χ3n) is 2.91. The minimum absolute atomic E-state index is 0.0483. The summed E-state index contributed by atoms with van der Waals surface area (Å²) in [6.45, 7) is 0.0483. The number of amides is 2. The molecule has 2 unspecified atom stereocenters. The second kappa shape index (κ2) is 5.32. The number of aromatic nitrogens is 1. The first kappa shape index (κ1) is 14.0. The summed E-state index contributed by atoms with van der Waals surface area (Å²) in [4.78, 5) is 28.5. The first-order chi connectivity index (χ1) is 8.90.